The van der Waals surface area contributed by atoms with Crippen molar-refractivity contribution >= 4 is 17.5 Å². The molecule has 1 amide bonds. The number of likely N-dealkylation sites (N-methyl/N-ethyl adjacent to an activating group) is 1. The van der Waals surface area contributed by atoms with Crippen molar-refractivity contribution in [2.75, 3.05) is 20.1 Å². The quantitative estimate of drug-likeness (QED) is 0.738. The van der Waals surface area contributed by atoms with Crippen LogP contribution in [-0.2, 0) is 0 Å². The summed E-state index contributed by atoms with van der Waals surface area (Å²) < 4.78 is 0. The van der Waals surface area contributed by atoms with Gasteiger partial charge in [-0.25, -0.2) is 4.98 Å². The second kappa shape index (κ2) is 5.10. The van der Waals surface area contributed by atoms with E-state index in [0.29, 0.717) is 22.8 Å². The molecule has 1 aromatic heterocycles. The fourth-order valence-electron chi connectivity index (χ4n) is 3.18. The average molecular weight is 280 g/mol. The molecular weight excluding hydrogens is 262 g/mol. The van der Waals surface area contributed by atoms with Crippen LogP contribution in [0, 0.1) is 0 Å². The molecule has 2 aliphatic rings. The van der Waals surface area contributed by atoms with Crippen LogP contribution in [0.4, 0.5) is 0 Å². The van der Waals surface area contributed by atoms with Gasteiger partial charge in [-0.2, -0.15) is 0 Å². The van der Waals surface area contributed by atoms with Gasteiger partial charge in [-0.1, -0.05) is 11.6 Å². The van der Waals surface area contributed by atoms with Gasteiger partial charge in [0.15, 0.2) is 0 Å². The molecular formula is C14H18ClN3O. The van der Waals surface area contributed by atoms with Gasteiger partial charge in [0.2, 0.25) is 0 Å². The molecule has 2 aliphatic heterocycles. The summed E-state index contributed by atoms with van der Waals surface area (Å²) in [6.07, 6.45) is 5.10. The largest absolute Gasteiger partial charge is 0.337 e. The van der Waals surface area contributed by atoms with Crippen molar-refractivity contribution in [3.63, 3.8) is 0 Å². The first-order valence-electron chi connectivity index (χ1n) is 6.78. The standard InChI is InChI=1S/C14H18ClN3O/c1-17-11-3-4-12(17)9-18(7-6-11)14(19)10-2-5-13(15)16-8-10/h2,5,8,11-12H,3-4,6-7,9H2,1H3. The molecule has 3 heterocycles. The molecule has 3 rings (SSSR count). The Morgan fingerprint density at radius 1 is 1.32 bits per heavy atom. The van der Waals surface area contributed by atoms with E-state index in [1.807, 2.05) is 4.90 Å². The van der Waals surface area contributed by atoms with E-state index in [0.717, 1.165) is 19.5 Å². The summed E-state index contributed by atoms with van der Waals surface area (Å²) in [5.41, 5.74) is 0.629. The Morgan fingerprint density at radius 3 is 2.84 bits per heavy atom. The molecule has 2 bridgehead atoms. The minimum Gasteiger partial charge on any atom is -0.337 e. The lowest BCUT2D eigenvalue weighted by atomic mass is 10.1. The molecule has 0 N–H and O–H groups in total. The van der Waals surface area contributed by atoms with Crippen LogP contribution in [0.25, 0.3) is 0 Å². The van der Waals surface area contributed by atoms with Crippen molar-refractivity contribution < 1.29 is 4.79 Å². The van der Waals surface area contributed by atoms with E-state index in [2.05, 4.69) is 16.9 Å². The molecule has 5 heteroatoms. The molecule has 4 nitrogen and oxygen atoms in total. The van der Waals surface area contributed by atoms with Gasteiger partial charge >= 0.3 is 0 Å². The predicted molar refractivity (Wildman–Crippen MR) is 74.3 cm³/mol. The van der Waals surface area contributed by atoms with Gasteiger partial charge in [0.1, 0.15) is 5.15 Å². The van der Waals surface area contributed by atoms with E-state index in [1.165, 1.54) is 12.8 Å². The second-order valence-electron chi connectivity index (χ2n) is 5.46. The lowest BCUT2D eigenvalue weighted by molar-refractivity contribution is 0.0740. The number of pyridine rings is 1. The van der Waals surface area contributed by atoms with E-state index >= 15 is 0 Å². The number of halogens is 1. The molecule has 2 atom stereocenters. The van der Waals surface area contributed by atoms with Gasteiger partial charge in [0.05, 0.1) is 5.56 Å². The number of hydrogen-bond acceptors (Lipinski definition) is 3. The summed E-state index contributed by atoms with van der Waals surface area (Å²) in [6.45, 7) is 1.67. The molecule has 0 aromatic carbocycles. The van der Waals surface area contributed by atoms with E-state index in [1.54, 1.807) is 18.3 Å². The SMILES string of the molecule is CN1C2CCC1CN(C(=O)c1ccc(Cl)nc1)CC2. The topological polar surface area (TPSA) is 36.4 Å². The Balaban J connectivity index is 1.75. The average Bonchev–Trinajstić information content (AvgIpc) is 2.63. The Kier molecular flexibility index (Phi) is 3.46. The number of nitrogens with zero attached hydrogens (tertiary/aromatic N) is 3. The third-order valence-electron chi connectivity index (χ3n) is 4.41. The van der Waals surface area contributed by atoms with E-state index < -0.39 is 0 Å². The van der Waals surface area contributed by atoms with Crippen molar-refractivity contribution in [2.24, 2.45) is 0 Å². The summed E-state index contributed by atoms with van der Waals surface area (Å²) in [6, 6.07) is 4.58. The van der Waals surface area contributed by atoms with Crippen LogP contribution >= 0.6 is 11.6 Å². The molecule has 2 saturated heterocycles. The first-order chi connectivity index (χ1) is 9.15. The van der Waals surface area contributed by atoms with Crippen molar-refractivity contribution in [3.05, 3.63) is 29.0 Å². The highest BCUT2D eigenvalue weighted by Crippen LogP contribution is 2.28. The van der Waals surface area contributed by atoms with Gasteiger partial charge in [-0.05, 0) is 38.4 Å². The zero-order valence-electron chi connectivity index (χ0n) is 11.1. The molecule has 19 heavy (non-hydrogen) atoms. The summed E-state index contributed by atoms with van der Waals surface area (Å²) in [5.74, 6) is 0.0742. The molecule has 2 unspecified atom stereocenters. The highest BCUT2D eigenvalue weighted by Gasteiger charge is 2.36. The van der Waals surface area contributed by atoms with Gasteiger partial charge in [0, 0.05) is 31.4 Å². The first-order valence-corrected chi connectivity index (χ1v) is 7.15. The maximum atomic E-state index is 12.5. The van der Waals surface area contributed by atoms with Crippen molar-refractivity contribution in [3.8, 4) is 0 Å². The third kappa shape index (κ3) is 2.47. The number of fused-ring (bicyclic) bond motifs is 2. The summed E-state index contributed by atoms with van der Waals surface area (Å²) in [4.78, 5) is 20.9. The number of hydrogen-bond donors (Lipinski definition) is 0. The fourth-order valence-corrected chi connectivity index (χ4v) is 3.29. The van der Waals surface area contributed by atoms with Crippen LogP contribution < -0.4 is 0 Å². The molecule has 0 saturated carbocycles. The summed E-state index contributed by atoms with van der Waals surface area (Å²) in [7, 11) is 2.18. The predicted octanol–water partition coefficient (Wildman–Crippen LogP) is 2.04. The summed E-state index contributed by atoms with van der Waals surface area (Å²) >= 11 is 5.76. The van der Waals surface area contributed by atoms with E-state index in [4.69, 9.17) is 11.6 Å². The van der Waals surface area contributed by atoms with Crippen LogP contribution in [0.3, 0.4) is 0 Å². The number of amides is 1. The highest BCUT2D eigenvalue weighted by atomic mass is 35.5. The zero-order chi connectivity index (χ0) is 13.4. The van der Waals surface area contributed by atoms with Crippen LogP contribution in [0.15, 0.2) is 18.3 Å². The summed E-state index contributed by atoms with van der Waals surface area (Å²) in [5, 5.41) is 0.422. The van der Waals surface area contributed by atoms with Crippen molar-refractivity contribution in [1.29, 1.82) is 0 Å². The lowest BCUT2D eigenvalue weighted by Crippen LogP contribution is -2.39. The van der Waals surface area contributed by atoms with Crippen LogP contribution in [-0.4, -0.2) is 52.9 Å². The van der Waals surface area contributed by atoms with E-state index in [9.17, 15) is 4.79 Å². The third-order valence-corrected chi connectivity index (χ3v) is 4.63. The Morgan fingerprint density at radius 2 is 2.11 bits per heavy atom. The number of rotatable bonds is 1. The lowest BCUT2D eigenvalue weighted by Gasteiger charge is -2.25. The van der Waals surface area contributed by atoms with Gasteiger partial charge in [0.25, 0.3) is 5.91 Å². The van der Waals surface area contributed by atoms with Crippen LogP contribution in [0.2, 0.25) is 5.15 Å². The number of carbonyl (C=O) groups is 1. The Labute approximate surface area is 118 Å². The maximum absolute atomic E-state index is 12.5. The smallest absolute Gasteiger partial charge is 0.255 e. The maximum Gasteiger partial charge on any atom is 0.255 e. The van der Waals surface area contributed by atoms with E-state index in [-0.39, 0.29) is 5.91 Å². The zero-order valence-corrected chi connectivity index (χ0v) is 11.8. The van der Waals surface area contributed by atoms with Crippen LogP contribution in [0.1, 0.15) is 29.6 Å². The fraction of sp³-hybridized carbons (Fsp3) is 0.571. The Hall–Kier alpha value is -1.13. The van der Waals surface area contributed by atoms with Gasteiger partial charge < -0.3 is 4.90 Å². The van der Waals surface area contributed by atoms with Gasteiger partial charge in [-0.15, -0.1) is 0 Å². The molecule has 102 valence electrons. The van der Waals surface area contributed by atoms with Gasteiger partial charge in [-0.3, -0.25) is 9.69 Å². The number of aromatic nitrogens is 1. The molecule has 2 fully saturated rings. The Bertz CT molecular complexity index is 476. The second-order valence-corrected chi connectivity index (χ2v) is 5.85. The monoisotopic (exact) mass is 279 g/mol. The van der Waals surface area contributed by atoms with Crippen molar-refractivity contribution in [1.82, 2.24) is 14.8 Å². The molecule has 0 aliphatic carbocycles. The van der Waals surface area contributed by atoms with Crippen molar-refractivity contribution in [2.45, 2.75) is 31.3 Å². The first kappa shape index (κ1) is 12.9. The minimum absolute atomic E-state index is 0.0742. The molecule has 1 aromatic rings. The minimum atomic E-state index is 0.0742. The number of carbonyl (C=O) groups excluding carboxylic acids is 1. The highest BCUT2D eigenvalue weighted by molar-refractivity contribution is 6.29. The number of likely N-dealkylation sites (tertiary alicyclic amines) is 1. The van der Waals surface area contributed by atoms with Crippen LogP contribution in [0.5, 0.6) is 0 Å². The molecule has 0 spiro atoms. The normalized spacial score (nSPS) is 27.4. The molecule has 0 radical (unpaired) electrons.